The van der Waals surface area contributed by atoms with Crippen LogP contribution in [0.5, 0.6) is 0 Å². The van der Waals surface area contributed by atoms with Crippen molar-refractivity contribution in [2.24, 2.45) is 0 Å². The van der Waals surface area contributed by atoms with Gasteiger partial charge in [-0.1, -0.05) is 0 Å². The van der Waals surface area contributed by atoms with E-state index in [2.05, 4.69) is 5.10 Å². The van der Waals surface area contributed by atoms with Crippen LogP contribution in [-0.4, -0.2) is 62.4 Å². The van der Waals surface area contributed by atoms with E-state index < -0.39 is 29.9 Å². The number of carboxylic acid groups (broad SMARTS) is 1. The van der Waals surface area contributed by atoms with Crippen molar-refractivity contribution >= 4 is 11.9 Å². The number of ether oxygens (including phenoxy) is 1. The third-order valence-corrected chi connectivity index (χ3v) is 4.78. The number of hydrogen-bond acceptors (Lipinski definition) is 4. The number of carbonyl (C=O) groups is 2. The summed E-state index contributed by atoms with van der Waals surface area (Å²) in [5, 5.41) is 13.3. The Kier molecular flexibility index (Phi) is 2.99. The number of aromatic nitrogens is 2. The van der Waals surface area contributed by atoms with Gasteiger partial charge in [-0.05, 0) is 12.5 Å². The Balaban J connectivity index is 1.59. The SMILES string of the molecule is O=C(O)[C@@H]1C[C@@H]2OCC[C@@H]2N1C(=O)c1ccn(C2CC2(F)F)n1. The van der Waals surface area contributed by atoms with E-state index in [1.54, 1.807) is 0 Å². The fraction of sp³-hybridized carbons (Fsp3) is 0.643. The summed E-state index contributed by atoms with van der Waals surface area (Å²) >= 11 is 0. The van der Waals surface area contributed by atoms with Crippen LogP contribution in [0.4, 0.5) is 8.78 Å². The topological polar surface area (TPSA) is 84.7 Å². The molecule has 124 valence electrons. The first kappa shape index (κ1) is 14.6. The zero-order chi connectivity index (χ0) is 16.4. The van der Waals surface area contributed by atoms with Crippen LogP contribution in [0.2, 0.25) is 0 Å². The van der Waals surface area contributed by atoms with Crippen LogP contribution in [0.25, 0.3) is 0 Å². The summed E-state index contributed by atoms with van der Waals surface area (Å²) in [6.45, 7) is 0.480. The van der Waals surface area contributed by atoms with Gasteiger partial charge in [-0.25, -0.2) is 13.6 Å². The Hall–Kier alpha value is -2.03. The number of aliphatic carboxylic acids is 1. The predicted octanol–water partition coefficient (Wildman–Crippen LogP) is 0.920. The van der Waals surface area contributed by atoms with Crippen LogP contribution in [0, 0.1) is 0 Å². The molecule has 3 heterocycles. The summed E-state index contributed by atoms with van der Waals surface area (Å²) in [5.41, 5.74) is -0.00787. The highest BCUT2D eigenvalue weighted by Gasteiger charge is 2.59. The number of likely N-dealkylation sites (tertiary alicyclic amines) is 1. The van der Waals surface area contributed by atoms with Gasteiger partial charge in [0.15, 0.2) is 0 Å². The van der Waals surface area contributed by atoms with Gasteiger partial charge < -0.3 is 14.7 Å². The average molecular weight is 327 g/mol. The molecule has 23 heavy (non-hydrogen) atoms. The summed E-state index contributed by atoms with van der Waals surface area (Å²) in [6.07, 6.45) is 1.58. The van der Waals surface area contributed by atoms with E-state index in [1.165, 1.54) is 17.2 Å². The van der Waals surface area contributed by atoms with E-state index in [1.807, 2.05) is 0 Å². The number of carboxylic acids is 1. The normalized spacial score (nSPS) is 34.4. The highest BCUT2D eigenvalue weighted by Crippen LogP contribution is 2.52. The molecular weight excluding hydrogens is 312 g/mol. The van der Waals surface area contributed by atoms with E-state index in [-0.39, 0.29) is 30.7 Å². The molecule has 3 aliphatic rings. The minimum atomic E-state index is -2.78. The number of fused-ring (bicyclic) bond motifs is 1. The molecule has 0 radical (unpaired) electrons. The quantitative estimate of drug-likeness (QED) is 0.892. The number of nitrogens with zero attached hydrogens (tertiary/aromatic N) is 3. The number of alkyl halides is 2. The molecule has 9 heteroatoms. The van der Waals surface area contributed by atoms with Gasteiger partial charge in [0.2, 0.25) is 0 Å². The summed E-state index contributed by atoms with van der Waals surface area (Å²) in [4.78, 5) is 25.4. The van der Waals surface area contributed by atoms with Gasteiger partial charge in [-0.3, -0.25) is 9.48 Å². The van der Waals surface area contributed by atoms with Gasteiger partial charge in [0.1, 0.15) is 17.8 Å². The Morgan fingerprint density at radius 3 is 2.83 bits per heavy atom. The Morgan fingerprint density at radius 2 is 2.17 bits per heavy atom. The summed E-state index contributed by atoms with van der Waals surface area (Å²) in [6, 6.07) is -0.916. The Bertz CT molecular complexity index is 677. The molecule has 1 amide bonds. The van der Waals surface area contributed by atoms with Crippen LogP contribution in [-0.2, 0) is 9.53 Å². The van der Waals surface area contributed by atoms with Crippen molar-refractivity contribution in [3.05, 3.63) is 18.0 Å². The highest BCUT2D eigenvalue weighted by atomic mass is 19.3. The van der Waals surface area contributed by atoms with Crippen LogP contribution >= 0.6 is 0 Å². The number of hydrogen-bond donors (Lipinski definition) is 1. The van der Waals surface area contributed by atoms with Gasteiger partial charge in [-0.15, -0.1) is 0 Å². The Morgan fingerprint density at radius 1 is 1.43 bits per heavy atom. The molecule has 1 aliphatic carbocycles. The molecule has 3 fully saturated rings. The fourth-order valence-electron chi connectivity index (χ4n) is 3.50. The van der Waals surface area contributed by atoms with Gasteiger partial charge in [0.05, 0.1) is 12.1 Å². The minimum Gasteiger partial charge on any atom is -0.480 e. The molecule has 1 N–H and O–H groups in total. The van der Waals surface area contributed by atoms with E-state index in [4.69, 9.17) is 4.74 Å². The number of carbonyl (C=O) groups excluding carboxylic acids is 1. The highest BCUT2D eigenvalue weighted by molar-refractivity contribution is 5.95. The second-order valence-electron chi connectivity index (χ2n) is 6.23. The first-order chi connectivity index (χ1) is 10.9. The molecule has 1 unspecified atom stereocenters. The summed E-state index contributed by atoms with van der Waals surface area (Å²) < 4.78 is 32.7. The maximum absolute atomic E-state index is 13.1. The van der Waals surface area contributed by atoms with Gasteiger partial charge in [0.25, 0.3) is 11.8 Å². The monoisotopic (exact) mass is 327 g/mol. The third kappa shape index (κ3) is 2.21. The lowest BCUT2D eigenvalue weighted by Gasteiger charge is -2.25. The lowest BCUT2D eigenvalue weighted by Crippen LogP contribution is -2.45. The smallest absolute Gasteiger partial charge is 0.326 e. The zero-order valence-corrected chi connectivity index (χ0v) is 12.1. The average Bonchev–Trinajstić information content (AvgIpc) is 2.97. The van der Waals surface area contributed by atoms with Crippen molar-refractivity contribution in [3.63, 3.8) is 0 Å². The molecule has 1 saturated carbocycles. The molecule has 4 rings (SSSR count). The molecule has 2 saturated heterocycles. The molecule has 0 spiro atoms. The van der Waals surface area contributed by atoms with Crippen LogP contribution in [0.1, 0.15) is 35.8 Å². The van der Waals surface area contributed by atoms with E-state index >= 15 is 0 Å². The number of halogens is 2. The van der Waals surface area contributed by atoms with Gasteiger partial charge >= 0.3 is 5.97 Å². The molecule has 4 atom stereocenters. The van der Waals surface area contributed by atoms with Crippen molar-refractivity contribution in [2.45, 2.75) is 49.4 Å². The maximum Gasteiger partial charge on any atom is 0.326 e. The minimum absolute atomic E-state index is 0.00787. The molecule has 1 aromatic heterocycles. The largest absolute Gasteiger partial charge is 0.480 e. The van der Waals surface area contributed by atoms with Gasteiger partial charge in [-0.2, -0.15) is 5.10 Å². The summed E-state index contributed by atoms with van der Waals surface area (Å²) in [5.74, 6) is -4.42. The Labute approximate surface area is 129 Å². The lowest BCUT2D eigenvalue weighted by molar-refractivity contribution is -0.141. The second-order valence-corrected chi connectivity index (χ2v) is 6.23. The van der Waals surface area contributed by atoms with Crippen molar-refractivity contribution in [3.8, 4) is 0 Å². The van der Waals surface area contributed by atoms with Crippen LogP contribution in [0.3, 0.4) is 0 Å². The first-order valence-corrected chi connectivity index (χ1v) is 7.48. The molecular formula is C14H15F2N3O4. The molecule has 7 nitrogen and oxygen atoms in total. The first-order valence-electron chi connectivity index (χ1n) is 7.48. The molecule has 0 bridgehead atoms. The number of amides is 1. The maximum atomic E-state index is 13.1. The standard InChI is InChI=1S/C14H15F2N3O4/c15-14(16)6-11(14)18-3-1-7(17-18)12(20)19-8-2-4-23-10(8)5-9(19)13(21)22/h1,3,8-11H,2,4-6H2,(H,21,22)/t8-,9-,10-,11?/m0/s1. The van der Waals surface area contributed by atoms with E-state index in [9.17, 15) is 23.5 Å². The summed E-state index contributed by atoms with van der Waals surface area (Å²) in [7, 11) is 0. The van der Waals surface area contributed by atoms with Crippen LogP contribution in [0.15, 0.2) is 12.3 Å². The molecule has 1 aromatic rings. The second kappa shape index (κ2) is 4.73. The van der Waals surface area contributed by atoms with Crippen molar-refractivity contribution in [1.29, 1.82) is 0 Å². The van der Waals surface area contributed by atoms with E-state index in [0.717, 1.165) is 4.68 Å². The third-order valence-electron chi connectivity index (χ3n) is 4.78. The molecule has 2 aliphatic heterocycles. The molecule has 0 aromatic carbocycles. The fourth-order valence-corrected chi connectivity index (χ4v) is 3.50. The number of rotatable bonds is 3. The van der Waals surface area contributed by atoms with Crippen molar-refractivity contribution in [1.82, 2.24) is 14.7 Å². The predicted molar refractivity (Wildman–Crippen MR) is 71.2 cm³/mol. The van der Waals surface area contributed by atoms with E-state index in [0.29, 0.717) is 13.0 Å². The zero-order valence-electron chi connectivity index (χ0n) is 12.1. The lowest BCUT2D eigenvalue weighted by atomic mass is 10.1. The van der Waals surface area contributed by atoms with Gasteiger partial charge in [0, 0.05) is 25.6 Å². The van der Waals surface area contributed by atoms with Crippen molar-refractivity contribution < 1.29 is 28.2 Å². The van der Waals surface area contributed by atoms with Crippen LogP contribution < -0.4 is 0 Å². The van der Waals surface area contributed by atoms with Crippen molar-refractivity contribution in [2.75, 3.05) is 6.61 Å².